The fourth-order valence-electron chi connectivity index (χ4n) is 3.33. The second-order valence-corrected chi connectivity index (χ2v) is 7.62. The summed E-state index contributed by atoms with van der Waals surface area (Å²) >= 11 is 0. The zero-order chi connectivity index (χ0) is 23.7. The number of hydrogen-bond donors (Lipinski definition) is 3. The molecule has 0 aliphatic heterocycles. The summed E-state index contributed by atoms with van der Waals surface area (Å²) in [6, 6.07) is 14.5. The predicted molar refractivity (Wildman–Crippen MR) is 132 cm³/mol. The molecule has 0 unspecified atom stereocenters. The number of allylic oxidation sites excluding steroid dienone is 1. The largest absolute Gasteiger partial charge is 0.374 e. The van der Waals surface area contributed by atoms with Gasteiger partial charge in [-0.05, 0) is 63.2 Å². The molecule has 0 aliphatic carbocycles. The van der Waals surface area contributed by atoms with Crippen LogP contribution in [0.5, 0.6) is 0 Å². The second kappa shape index (κ2) is 11.7. The molecule has 0 fully saturated rings. The van der Waals surface area contributed by atoms with Crippen LogP contribution in [0, 0.1) is 12.7 Å². The first-order chi connectivity index (χ1) is 15.3. The van der Waals surface area contributed by atoms with E-state index in [1.807, 2.05) is 64.1 Å². The molecule has 2 aromatic carbocycles. The first kappa shape index (κ1) is 24.7. The molecule has 0 radical (unpaired) electrons. The molecule has 2 rings (SSSR count). The van der Waals surface area contributed by atoms with Crippen LogP contribution in [0.15, 0.2) is 84.0 Å². The quantitative estimate of drug-likeness (QED) is 0.343. The monoisotopic (exact) mass is 436 g/mol. The molecular weight excluding hydrogens is 403 g/mol. The summed E-state index contributed by atoms with van der Waals surface area (Å²) in [6.07, 6.45) is 2.31. The fourth-order valence-corrected chi connectivity index (χ4v) is 3.33. The van der Waals surface area contributed by atoms with Gasteiger partial charge in [0.15, 0.2) is 0 Å². The highest BCUT2D eigenvalue weighted by Gasteiger charge is 2.27. The van der Waals surface area contributed by atoms with Crippen molar-refractivity contribution in [2.24, 2.45) is 0 Å². The van der Waals surface area contributed by atoms with Crippen LogP contribution in [0.1, 0.15) is 32.8 Å². The molecule has 3 N–H and O–H groups in total. The third-order valence-electron chi connectivity index (χ3n) is 4.85. The molecule has 0 saturated heterocycles. The number of amides is 1. The maximum Gasteiger partial charge on any atom is 0.264 e. The Balaban J connectivity index is 2.70. The van der Waals surface area contributed by atoms with Crippen LogP contribution >= 0.6 is 0 Å². The van der Waals surface area contributed by atoms with Gasteiger partial charge in [0.2, 0.25) is 0 Å². The smallest absolute Gasteiger partial charge is 0.264 e. The summed E-state index contributed by atoms with van der Waals surface area (Å²) < 4.78 is 14.6. The third-order valence-corrected chi connectivity index (χ3v) is 4.85. The lowest BCUT2D eigenvalue weighted by Crippen LogP contribution is -2.37. The van der Waals surface area contributed by atoms with E-state index < -0.39 is 5.82 Å². The number of para-hydroxylation sites is 1. The summed E-state index contributed by atoms with van der Waals surface area (Å²) in [5.41, 5.74) is 3.74. The Labute approximate surface area is 190 Å². The van der Waals surface area contributed by atoms with Crippen molar-refractivity contribution in [3.8, 4) is 0 Å². The molecule has 0 bridgehead atoms. The lowest BCUT2D eigenvalue weighted by molar-refractivity contribution is -0.115. The van der Waals surface area contributed by atoms with Crippen LogP contribution in [0.3, 0.4) is 0 Å². The highest BCUT2D eigenvalue weighted by Crippen LogP contribution is 2.25. The van der Waals surface area contributed by atoms with Crippen LogP contribution in [0.4, 0.5) is 15.8 Å². The SMILES string of the molecule is C=CNC(=C(C)C)/C(C(=O)N(CCC)c1ccccc1)=C(\NC)Nc1ccc(C)cc1F. The van der Waals surface area contributed by atoms with E-state index in [1.54, 1.807) is 18.0 Å². The first-order valence-electron chi connectivity index (χ1n) is 10.7. The molecule has 0 spiro atoms. The minimum absolute atomic E-state index is 0.215. The Morgan fingerprint density at radius 1 is 1.16 bits per heavy atom. The van der Waals surface area contributed by atoms with Gasteiger partial charge in [-0.1, -0.05) is 43.3 Å². The maximum absolute atomic E-state index is 14.6. The average molecular weight is 437 g/mol. The molecular formula is C26H33FN4O. The molecule has 170 valence electrons. The maximum atomic E-state index is 14.6. The molecule has 5 nitrogen and oxygen atoms in total. The second-order valence-electron chi connectivity index (χ2n) is 7.62. The lowest BCUT2D eigenvalue weighted by atomic mass is 10.1. The van der Waals surface area contributed by atoms with E-state index >= 15 is 0 Å². The van der Waals surface area contributed by atoms with Gasteiger partial charge in [0.25, 0.3) is 5.91 Å². The summed E-state index contributed by atoms with van der Waals surface area (Å²) in [5.74, 6) is -0.221. The summed E-state index contributed by atoms with van der Waals surface area (Å²) in [5, 5.41) is 9.25. The van der Waals surface area contributed by atoms with Crippen LogP contribution in [-0.4, -0.2) is 19.5 Å². The Morgan fingerprint density at radius 3 is 2.38 bits per heavy atom. The standard InChI is InChI=1S/C26H33FN4O/c1-7-16-31(20-12-10-9-11-13-20)26(32)23(24(18(3)4)29-8-2)25(28-6)30-22-15-14-19(5)17-21(22)27/h8-15,17,28-30H,2,7,16H2,1,3-6H3/b25-23-. The molecule has 0 heterocycles. The highest BCUT2D eigenvalue weighted by atomic mass is 19.1. The number of benzene rings is 2. The lowest BCUT2D eigenvalue weighted by Gasteiger charge is -2.27. The molecule has 6 heteroatoms. The van der Waals surface area contributed by atoms with Gasteiger partial charge < -0.3 is 20.9 Å². The Bertz CT molecular complexity index is 1010. The van der Waals surface area contributed by atoms with E-state index in [2.05, 4.69) is 22.5 Å². The zero-order valence-corrected chi connectivity index (χ0v) is 19.6. The van der Waals surface area contributed by atoms with E-state index in [0.717, 1.165) is 23.2 Å². The van der Waals surface area contributed by atoms with Crippen LogP contribution in [0.2, 0.25) is 0 Å². The molecule has 0 aromatic heterocycles. The highest BCUT2D eigenvalue weighted by molar-refractivity contribution is 6.09. The van der Waals surface area contributed by atoms with Gasteiger partial charge in [-0.3, -0.25) is 4.79 Å². The van der Waals surface area contributed by atoms with Crippen molar-refractivity contribution < 1.29 is 9.18 Å². The van der Waals surface area contributed by atoms with Crippen molar-refractivity contribution in [1.29, 1.82) is 0 Å². The van der Waals surface area contributed by atoms with E-state index in [0.29, 0.717) is 23.6 Å². The molecule has 1 amide bonds. The zero-order valence-electron chi connectivity index (χ0n) is 19.6. The number of carbonyl (C=O) groups excluding carboxylic acids is 1. The van der Waals surface area contributed by atoms with Crippen LogP contribution < -0.4 is 20.9 Å². The number of hydrogen-bond acceptors (Lipinski definition) is 4. The van der Waals surface area contributed by atoms with E-state index in [4.69, 9.17) is 0 Å². The van der Waals surface area contributed by atoms with Crippen molar-refractivity contribution in [3.05, 3.63) is 95.4 Å². The van der Waals surface area contributed by atoms with E-state index in [-0.39, 0.29) is 11.6 Å². The topological polar surface area (TPSA) is 56.4 Å². The summed E-state index contributed by atoms with van der Waals surface area (Å²) in [6.45, 7) is 12.0. The van der Waals surface area contributed by atoms with Crippen molar-refractivity contribution in [3.63, 3.8) is 0 Å². The summed E-state index contributed by atoms with van der Waals surface area (Å²) in [7, 11) is 1.70. The minimum Gasteiger partial charge on any atom is -0.374 e. The van der Waals surface area contributed by atoms with Gasteiger partial charge in [0.05, 0.1) is 11.4 Å². The summed E-state index contributed by atoms with van der Waals surface area (Å²) in [4.78, 5) is 15.7. The predicted octanol–water partition coefficient (Wildman–Crippen LogP) is 5.45. The number of aryl methyl sites for hydroxylation is 1. The van der Waals surface area contributed by atoms with Gasteiger partial charge in [0.1, 0.15) is 17.2 Å². The van der Waals surface area contributed by atoms with Crippen molar-refractivity contribution in [2.45, 2.75) is 34.1 Å². The van der Waals surface area contributed by atoms with Gasteiger partial charge in [-0.25, -0.2) is 4.39 Å². The van der Waals surface area contributed by atoms with Crippen molar-refractivity contribution in [2.75, 3.05) is 23.8 Å². The Kier molecular flexibility index (Phi) is 9.08. The van der Waals surface area contributed by atoms with E-state index in [1.165, 1.54) is 12.3 Å². The minimum atomic E-state index is -0.395. The molecule has 0 atom stereocenters. The molecule has 0 saturated carbocycles. The fraction of sp³-hybridized carbons (Fsp3) is 0.269. The molecule has 0 aliphatic rings. The number of rotatable bonds is 10. The van der Waals surface area contributed by atoms with Gasteiger partial charge in [0, 0.05) is 19.3 Å². The van der Waals surface area contributed by atoms with Crippen LogP contribution in [0.25, 0.3) is 0 Å². The number of carbonyl (C=O) groups is 1. The van der Waals surface area contributed by atoms with E-state index in [9.17, 15) is 9.18 Å². The normalized spacial score (nSPS) is 11.2. The third kappa shape index (κ3) is 6.00. The number of nitrogens with one attached hydrogen (secondary N) is 3. The Morgan fingerprint density at radius 2 is 1.84 bits per heavy atom. The number of nitrogens with zero attached hydrogens (tertiary/aromatic N) is 1. The number of anilines is 2. The number of halogens is 1. The van der Waals surface area contributed by atoms with Gasteiger partial charge in [-0.2, -0.15) is 0 Å². The average Bonchev–Trinajstić information content (AvgIpc) is 2.78. The van der Waals surface area contributed by atoms with Gasteiger partial charge >= 0.3 is 0 Å². The van der Waals surface area contributed by atoms with Crippen molar-refractivity contribution in [1.82, 2.24) is 10.6 Å². The molecule has 2 aromatic rings. The van der Waals surface area contributed by atoms with Gasteiger partial charge in [-0.15, -0.1) is 0 Å². The van der Waals surface area contributed by atoms with Crippen LogP contribution in [-0.2, 0) is 4.79 Å². The first-order valence-corrected chi connectivity index (χ1v) is 10.7. The van der Waals surface area contributed by atoms with Crippen molar-refractivity contribution >= 4 is 17.3 Å². The molecule has 32 heavy (non-hydrogen) atoms. The Hall–Kier alpha value is -3.54.